The molecule has 0 bridgehead atoms. The quantitative estimate of drug-likeness (QED) is 0.855. The van der Waals surface area contributed by atoms with Crippen LogP contribution in [0.4, 0.5) is 0 Å². The zero-order valence-electron chi connectivity index (χ0n) is 13.1. The minimum atomic E-state index is 0. The maximum absolute atomic E-state index is 12.0. The Morgan fingerprint density at radius 1 is 1.18 bits per heavy atom. The molecular formula is C17H26ClN3O. The van der Waals surface area contributed by atoms with Crippen LogP contribution in [-0.2, 0) is 24.1 Å². The summed E-state index contributed by atoms with van der Waals surface area (Å²) < 4.78 is 0. The summed E-state index contributed by atoms with van der Waals surface area (Å²) >= 11 is 0. The Labute approximate surface area is 139 Å². The first-order valence-electron chi connectivity index (χ1n) is 8.12. The van der Waals surface area contributed by atoms with E-state index >= 15 is 0 Å². The molecule has 0 atom stereocenters. The molecule has 0 spiro atoms. The monoisotopic (exact) mass is 323 g/mol. The summed E-state index contributed by atoms with van der Waals surface area (Å²) in [6.07, 6.45) is 4.14. The van der Waals surface area contributed by atoms with Gasteiger partial charge < -0.3 is 10.6 Å². The Bertz CT molecular complexity index is 501. The van der Waals surface area contributed by atoms with Crippen LogP contribution in [0.5, 0.6) is 0 Å². The second kappa shape index (κ2) is 8.51. The fraction of sp³-hybridized carbons (Fsp3) is 0.588. The lowest BCUT2D eigenvalue weighted by molar-refractivity contribution is -0.120. The van der Waals surface area contributed by atoms with E-state index in [1.807, 2.05) is 0 Å². The van der Waals surface area contributed by atoms with E-state index < -0.39 is 0 Å². The molecule has 122 valence electrons. The average molecular weight is 324 g/mol. The molecule has 0 aromatic heterocycles. The Morgan fingerprint density at radius 3 is 2.77 bits per heavy atom. The minimum Gasteiger partial charge on any atom is -0.355 e. The summed E-state index contributed by atoms with van der Waals surface area (Å²) in [5.41, 5.74) is 4.06. The zero-order valence-corrected chi connectivity index (χ0v) is 13.9. The van der Waals surface area contributed by atoms with Gasteiger partial charge in [-0.3, -0.25) is 9.69 Å². The summed E-state index contributed by atoms with van der Waals surface area (Å²) in [6, 6.07) is 6.53. The van der Waals surface area contributed by atoms with Crippen molar-refractivity contribution in [2.45, 2.75) is 25.7 Å². The second-order valence-corrected chi connectivity index (χ2v) is 6.07. The molecule has 1 aromatic carbocycles. The number of carbonyl (C=O) groups is 1. The van der Waals surface area contributed by atoms with Crippen LogP contribution < -0.4 is 10.6 Å². The lowest BCUT2D eigenvalue weighted by Gasteiger charge is -2.27. The molecule has 0 saturated carbocycles. The molecule has 2 N–H and O–H groups in total. The van der Waals surface area contributed by atoms with E-state index in [-0.39, 0.29) is 18.3 Å². The number of hydrogen-bond acceptors (Lipinski definition) is 3. The SMILES string of the molecule is Cl.O=C(Cc1ccc2c(c1)CCC2)NCCN1CCNCC1. The standard InChI is InChI=1S/C17H25N3O.ClH/c21-17(19-8-11-20-9-6-18-7-10-20)13-14-4-5-15-2-1-3-16(15)12-14;/h4-5,12,18H,1-3,6-11,13H2,(H,19,21);1H. The third kappa shape index (κ3) is 4.70. The summed E-state index contributed by atoms with van der Waals surface area (Å²) in [5.74, 6) is 0.142. The van der Waals surface area contributed by atoms with Crippen LogP contribution in [0.1, 0.15) is 23.1 Å². The molecule has 2 aliphatic rings. The molecule has 4 nitrogen and oxygen atoms in total. The van der Waals surface area contributed by atoms with Crippen molar-refractivity contribution in [3.8, 4) is 0 Å². The van der Waals surface area contributed by atoms with Crippen molar-refractivity contribution >= 4 is 18.3 Å². The number of fused-ring (bicyclic) bond motifs is 1. The van der Waals surface area contributed by atoms with Gasteiger partial charge in [0.15, 0.2) is 0 Å². The molecule has 1 aromatic rings. The number of nitrogens with zero attached hydrogens (tertiary/aromatic N) is 1. The van der Waals surface area contributed by atoms with E-state index in [0.717, 1.165) is 44.8 Å². The lowest BCUT2D eigenvalue weighted by Crippen LogP contribution is -2.46. The fourth-order valence-electron chi connectivity index (χ4n) is 3.27. The number of piperazine rings is 1. The molecule has 0 radical (unpaired) electrons. The topological polar surface area (TPSA) is 44.4 Å². The lowest BCUT2D eigenvalue weighted by atomic mass is 10.0. The predicted molar refractivity (Wildman–Crippen MR) is 91.7 cm³/mol. The highest BCUT2D eigenvalue weighted by molar-refractivity contribution is 5.85. The van der Waals surface area contributed by atoms with Gasteiger partial charge in [-0.2, -0.15) is 0 Å². The van der Waals surface area contributed by atoms with Gasteiger partial charge in [-0.05, 0) is 36.0 Å². The van der Waals surface area contributed by atoms with Crippen molar-refractivity contribution in [1.82, 2.24) is 15.5 Å². The Morgan fingerprint density at radius 2 is 1.95 bits per heavy atom. The third-order valence-corrected chi connectivity index (χ3v) is 4.49. The largest absolute Gasteiger partial charge is 0.355 e. The molecule has 22 heavy (non-hydrogen) atoms. The number of hydrogen-bond donors (Lipinski definition) is 2. The van der Waals surface area contributed by atoms with Crippen molar-refractivity contribution < 1.29 is 4.79 Å². The van der Waals surface area contributed by atoms with Gasteiger partial charge in [-0.1, -0.05) is 18.2 Å². The maximum Gasteiger partial charge on any atom is 0.224 e. The van der Waals surface area contributed by atoms with Crippen molar-refractivity contribution in [2.24, 2.45) is 0 Å². The van der Waals surface area contributed by atoms with E-state index in [0.29, 0.717) is 6.42 Å². The molecule has 5 heteroatoms. The van der Waals surface area contributed by atoms with Crippen molar-refractivity contribution in [3.05, 3.63) is 34.9 Å². The van der Waals surface area contributed by atoms with Crippen molar-refractivity contribution in [2.75, 3.05) is 39.3 Å². The average Bonchev–Trinajstić information content (AvgIpc) is 2.96. The first-order chi connectivity index (χ1) is 10.3. The highest BCUT2D eigenvalue weighted by atomic mass is 35.5. The highest BCUT2D eigenvalue weighted by Crippen LogP contribution is 2.22. The molecule has 1 amide bonds. The smallest absolute Gasteiger partial charge is 0.224 e. The highest BCUT2D eigenvalue weighted by Gasteiger charge is 2.13. The van der Waals surface area contributed by atoms with Gasteiger partial charge in [0.05, 0.1) is 6.42 Å². The molecule has 0 unspecified atom stereocenters. The van der Waals surface area contributed by atoms with Gasteiger partial charge in [0.2, 0.25) is 5.91 Å². The molecule has 1 heterocycles. The second-order valence-electron chi connectivity index (χ2n) is 6.07. The number of halogens is 1. The van der Waals surface area contributed by atoms with Crippen LogP contribution in [0, 0.1) is 0 Å². The van der Waals surface area contributed by atoms with Crippen molar-refractivity contribution in [3.63, 3.8) is 0 Å². The number of rotatable bonds is 5. The minimum absolute atomic E-state index is 0. The summed E-state index contributed by atoms with van der Waals surface area (Å²) in [6.45, 7) is 5.99. The van der Waals surface area contributed by atoms with Crippen LogP contribution >= 0.6 is 12.4 Å². The van der Waals surface area contributed by atoms with Gasteiger partial charge in [-0.25, -0.2) is 0 Å². The van der Waals surface area contributed by atoms with Crippen molar-refractivity contribution in [1.29, 1.82) is 0 Å². The molecule has 1 saturated heterocycles. The zero-order chi connectivity index (χ0) is 14.5. The summed E-state index contributed by atoms with van der Waals surface area (Å²) in [7, 11) is 0. The maximum atomic E-state index is 12.0. The molecule has 1 aliphatic carbocycles. The van der Waals surface area contributed by atoms with E-state index in [1.165, 1.54) is 30.4 Å². The number of amides is 1. The normalized spacial score (nSPS) is 17.6. The molecule has 3 rings (SSSR count). The van der Waals surface area contributed by atoms with Crippen LogP contribution in [-0.4, -0.2) is 50.1 Å². The first-order valence-corrected chi connectivity index (χ1v) is 8.12. The summed E-state index contributed by atoms with van der Waals surface area (Å²) in [5, 5.41) is 6.38. The first kappa shape index (κ1) is 17.3. The Balaban J connectivity index is 0.00000176. The van der Waals surface area contributed by atoms with Crippen LogP contribution in [0.15, 0.2) is 18.2 Å². The fourth-order valence-corrected chi connectivity index (χ4v) is 3.27. The van der Waals surface area contributed by atoms with Crippen LogP contribution in [0.25, 0.3) is 0 Å². The van der Waals surface area contributed by atoms with E-state index in [9.17, 15) is 4.79 Å². The molecular weight excluding hydrogens is 298 g/mol. The Hall–Kier alpha value is -1.10. The van der Waals surface area contributed by atoms with Gasteiger partial charge >= 0.3 is 0 Å². The third-order valence-electron chi connectivity index (χ3n) is 4.49. The van der Waals surface area contributed by atoms with E-state index in [1.54, 1.807) is 0 Å². The van der Waals surface area contributed by atoms with Gasteiger partial charge in [-0.15, -0.1) is 12.4 Å². The molecule has 1 aliphatic heterocycles. The Kier molecular flexibility index (Phi) is 6.68. The predicted octanol–water partition coefficient (Wildman–Crippen LogP) is 1.16. The number of nitrogens with one attached hydrogen (secondary N) is 2. The summed E-state index contributed by atoms with van der Waals surface area (Å²) in [4.78, 5) is 14.4. The van der Waals surface area contributed by atoms with E-state index in [4.69, 9.17) is 0 Å². The van der Waals surface area contributed by atoms with Crippen LogP contribution in [0.2, 0.25) is 0 Å². The molecule has 1 fully saturated rings. The van der Waals surface area contributed by atoms with Gasteiger partial charge in [0.25, 0.3) is 0 Å². The number of aryl methyl sites for hydroxylation is 2. The van der Waals surface area contributed by atoms with Crippen LogP contribution in [0.3, 0.4) is 0 Å². The van der Waals surface area contributed by atoms with E-state index in [2.05, 4.69) is 33.7 Å². The number of carbonyl (C=O) groups excluding carboxylic acids is 1. The van der Waals surface area contributed by atoms with Gasteiger partial charge in [0.1, 0.15) is 0 Å². The number of benzene rings is 1. The van der Waals surface area contributed by atoms with Gasteiger partial charge in [0, 0.05) is 39.3 Å².